The first kappa shape index (κ1) is 10.9. The minimum atomic E-state index is 0.932. The molecule has 2 aromatic rings. The van der Waals surface area contributed by atoms with Crippen molar-refractivity contribution < 1.29 is 0 Å². The second-order valence-corrected chi connectivity index (χ2v) is 3.90. The van der Waals surface area contributed by atoms with Crippen molar-refractivity contribution in [2.45, 2.75) is 20.0 Å². The Balaban J connectivity index is 1.74. The van der Waals surface area contributed by atoms with Gasteiger partial charge in [0, 0.05) is 32.0 Å². The van der Waals surface area contributed by atoms with Gasteiger partial charge in [0.2, 0.25) is 0 Å². The fourth-order valence-electron chi connectivity index (χ4n) is 1.66. The molecule has 0 amide bonds. The molecule has 0 aliphatic heterocycles. The molecule has 0 aliphatic carbocycles. The molecule has 1 N–H and O–H groups in total. The maximum absolute atomic E-state index is 4.01. The Bertz CT molecular complexity index is 421. The van der Waals surface area contributed by atoms with Crippen LogP contribution in [-0.2, 0) is 13.1 Å². The average Bonchev–Trinajstić information content (AvgIpc) is 2.79. The van der Waals surface area contributed by atoms with Crippen LogP contribution in [0.5, 0.6) is 0 Å². The molecule has 1 aromatic heterocycles. The van der Waals surface area contributed by atoms with Gasteiger partial charge >= 0.3 is 0 Å². The molecular weight excluding hydrogens is 198 g/mol. The molecule has 0 saturated carbocycles. The number of nitrogens with zero attached hydrogens (tertiary/aromatic N) is 2. The summed E-state index contributed by atoms with van der Waals surface area (Å²) in [4.78, 5) is 4.01. The molecule has 0 bridgehead atoms. The van der Waals surface area contributed by atoms with Crippen LogP contribution in [0.25, 0.3) is 0 Å². The first-order chi connectivity index (χ1) is 7.86. The summed E-state index contributed by atoms with van der Waals surface area (Å²) in [5, 5.41) is 3.43. The quantitative estimate of drug-likeness (QED) is 0.773. The molecular formula is C13H17N3. The highest BCUT2D eigenvalue weighted by Crippen LogP contribution is 2.05. The van der Waals surface area contributed by atoms with E-state index in [0.29, 0.717) is 0 Å². The fraction of sp³-hybridized carbons (Fsp3) is 0.308. The summed E-state index contributed by atoms with van der Waals surface area (Å²) in [6, 6.07) is 8.47. The summed E-state index contributed by atoms with van der Waals surface area (Å²) >= 11 is 0. The Kier molecular flexibility index (Phi) is 3.72. The first-order valence-electron chi connectivity index (χ1n) is 5.57. The summed E-state index contributed by atoms with van der Waals surface area (Å²) in [5.74, 6) is 0. The van der Waals surface area contributed by atoms with Crippen molar-refractivity contribution in [2.24, 2.45) is 0 Å². The van der Waals surface area contributed by atoms with Crippen LogP contribution < -0.4 is 5.32 Å². The number of aromatic nitrogens is 2. The Morgan fingerprint density at radius 3 is 2.94 bits per heavy atom. The van der Waals surface area contributed by atoms with E-state index in [1.54, 1.807) is 6.20 Å². The lowest BCUT2D eigenvalue weighted by molar-refractivity contribution is 0.596. The standard InChI is InChI=1S/C13H17N3/c1-12-4-2-3-5-13(12)10-14-6-8-16-9-7-15-11-16/h2-5,7,9,11,14H,6,8,10H2,1H3. The molecule has 0 radical (unpaired) electrons. The number of rotatable bonds is 5. The van der Waals surface area contributed by atoms with Gasteiger partial charge in [0.05, 0.1) is 6.33 Å². The Morgan fingerprint density at radius 1 is 1.31 bits per heavy atom. The van der Waals surface area contributed by atoms with Crippen LogP contribution in [0, 0.1) is 6.92 Å². The van der Waals surface area contributed by atoms with Crippen molar-refractivity contribution in [2.75, 3.05) is 6.54 Å². The number of aryl methyl sites for hydroxylation is 1. The molecule has 0 saturated heterocycles. The van der Waals surface area contributed by atoms with Crippen LogP contribution >= 0.6 is 0 Å². The van der Waals surface area contributed by atoms with Gasteiger partial charge in [0.25, 0.3) is 0 Å². The van der Waals surface area contributed by atoms with Gasteiger partial charge in [0.1, 0.15) is 0 Å². The third-order valence-electron chi connectivity index (χ3n) is 2.68. The third-order valence-corrected chi connectivity index (χ3v) is 2.68. The van der Waals surface area contributed by atoms with Crippen molar-refractivity contribution in [1.29, 1.82) is 0 Å². The highest BCUT2D eigenvalue weighted by atomic mass is 15.0. The van der Waals surface area contributed by atoms with Gasteiger partial charge in [-0.1, -0.05) is 24.3 Å². The van der Waals surface area contributed by atoms with E-state index in [1.165, 1.54) is 11.1 Å². The summed E-state index contributed by atoms with van der Waals surface area (Å²) in [7, 11) is 0. The summed E-state index contributed by atoms with van der Waals surface area (Å²) in [6.45, 7) is 5.00. The van der Waals surface area contributed by atoms with E-state index in [4.69, 9.17) is 0 Å². The fourth-order valence-corrected chi connectivity index (χ4v) is 1.66. The SMILES string of the molecule is Cc1ccccc1CNCCn1ccnc1. The van der Waals surface area contributed by atoms with Gasteiger partial charge in [-0.3, -0.25) is 0 Å². The van der Waals surface area contributed by atoms with Crippen molar-refractivity contribution in [3.8, 4) is 0 Å². The molecule has 0 spiro atoms. The number of imidazole rings is 1. The molecule has 3 heteroatoms. The summed E-state index contributed by atoms with van der Waals surface area (Å²) in [6.07, 6.45) is 5.63. The van der Waals surface area contributed by atoms with E-state index in [1.807, 2.05) is 12.5 Å². The van der Waals surface area contributed by atoms with E-state index in [0.717, 1.165) is 19.6 Å². The molecule has 0 unspecified atom stereocenters. The highest BCUT2D eigenvalue weighted by Gasteiger charge is 1.95. The normalized spacial score (nSPS) is 10.6. The zero-order valence-electron chi connectivity index (χ0n) is 9.56. The van der Waals surface area contributed by atoms with Crippen molar-refractivity contribution in [3.63, 3.8) is 0 Å². The Labute approximate surface area is 96.1 Å². The van der Waals surface area contributed by atoms with Gasteiger partial charge < -0.3 is 9.88 Å². The molecule has 1 heterocycles. The van der Waals surface area contributed by atoms with Crippen LogP contribution in [0.15, 0.2) is 43.0 Å². The largest absolute Gasteiger partial charge is 0.336 e. The molecule has 2 rings (SSSR count). The summed E-state index contributed by atoms with van der Waals surface area (Å²) in [5.41, 5.74) is 2.71. The van der Waals surface area contributed by atoms with Gasteiger partial charge in [-0.15, -0.1) is 0 Å². The predicted molar refractivity (Wildman–Crippen MR) is 65.1 cm³/mol. The molecule has 0 fully saturated rings. The topological polar surface area (TPSA) is 29.9 Å². The molecule has 16 heavy (non-hydrogen) atoms. The smallest absolute Gasteiger partial charge is 0.0946 e. The maximum atomic E-state index is 4.01. The van der Waals surface area contributed by atoms with E-state index >= 15 is 0 Å². The van der Waals surface area contributed by atoms with Crippen LogP contribution in [0.4, 0.5) is 0 Å². The number of benzene rings is 1. The van der Waals surface area contributed by atoms with Gasteiger partial charge in [-0.2, -0.15) is 0 Å². The minimum Gasteiger partial charge on any atom is -0.336 e. The van der Waals surface area contributed by atoms with E-state index in [9.17, 15) is 0 Å². The highest BCUT2D eigenvalue weighted by molar-refractivity contribution is 5.25. The van der Waals surface area contributed by atoms with Crippen LogP contribution in [0.3, 0.4) is 0 Å². The first-order valence-corrected chi connectivity index (χ1v) is 5.57. The lowest BCUT2D eigenvalue weighted by atomic mass is 10.1. The van der Waals surface area contributed by atoms with E-state index in [-0.39, 0.29) is 0 Å². The lowest BCUT2D eigenvalue weighted by Gasteiger charge is -2.07. The lowest BCUT2D eigenvalue weighted by Crippen LogP contribution is -2.19. The number of hydrogen-bond acceptors (Lipinski definition) is 2. The zero-order chi connectivity index (χ0) is 11.2. The second kappa shape index (κ2) is 5.47. The van der Waals surface area contributed by atoms with Gasteiger partial charge in [-0.05, 0) is 18.1 Å². The zero-order valence-corrected chi connectivity index (χ0v) is 9.56. The number of nitrogens with one attached hydrogen (secondary N) is 1. The Hall–Kier alpha value is -1.61. The van der Waals surface area contributed by atoms with Crippen LogP contribution in [0.1, 0.15) is 11.1 Å². The average molecular weight is 215 g/mol. The molecule has 3 nitrogen and oxygen atoms in total. The number of hydrogen-bond donors (Lipinski definition) is 1. The maximum Gasteiger partial charge on any atom is 0.0946 e. The second-order valence-electron chi connectivity index (χ2n) is 3.90. The van der Waals surface area contributed by atoms with Crippen LogP contribution in [-0.4, -0.2) is 16.1 Å². The monoisotopic (exact) mass is 215 g/mol. The predicted octanol–water partition coefficient (Wildman–Crippen LogP) is 1.98. The Morgan fingerprint density at radius 2 is 2.19 bits per heavy atom. The van der Waals surface area contributed by atoms with E-state index < -0.39 is 0 Å². The molecule has 0 aliphatic rings. The van der Waals surface area contributed by atoms with Crippen molar-refractivity contribution in [1.82, 2.24) is 14.9 Å². The van der Waals surface area contributed by atoms with Crippen LogP contribution in [0.2, 0.25) is 0 Å². The van der Waals surface area contributed by atoms with Crippen molar-refractivity contribution in [3.05, 3.63) is 54.1 Å². The summed E-state index contributed by atoms with van der Waals surface area (Å²) < 4.78 is 2.07. The third kappa shape index (κ3) is 2.94. The molecule has 1 aromatic carbocycles. The van der Waals surface area contributed by atoms with Crippen molar-refractivity contribution >= 4 is 0 Å². The van der Waals surface area contributed by atoms with Gasteiger partial charge in [0.15, 0.2) is 0 Å². The molecule has 0 atom stereocenters. The molecule has 84 valence electrons. The van der Waals surface area contributed by atoms with Gasteiger partial charge in [-0.25, -0.2) is 4.98 Å². The minimum absolute atomic E-state index is 0.932. The van der Waals surface area contributed by atoms with E-state index in [2.05, 4.69) is 46.1 Å².